The van der Waals surface area contributed by atoms with Crippen molar-refractivity contribution in [3.05, 3.63) is 63.4 Å². The van der Waals surface area contributed by atoms with Crippen molar-refractivity contribution < 1.29 is 9.53 Å². The SMILES string of the molecule is Cc1cc(C(=O)OCc2ccccc2Cl)cc(Cl)n1. The molecule has 0 aliphatic carbocycles. The van der Waals surface area contributed by atoms with Gasteiger partial charge in [0.15, 0.2) is 0 Å². The number of carbonyl (C=O) groups is 1. The first-order chi connectivity index (χ1) is 9.06. The standard InChI is InChI=1S/C14H11Cl2NO2/c1-9-6-11(7-13(16)17-9)14(18)19-8-10-4-2-3-5-12(10)15/h2-7H,8H2,1H3. The molecular weight excluding hydrogens is 285 g/mol. The van der Waals surface area contributed by atoms with Crippen LogP contribution < -0.4 is 0 Å². The van der Waals surface area contributed by atoms with Gasteiger partial charge in [-0.05, 0) is 25.1 Å². The highest BCUT2D eigenvalue weighted by molar-refractivity contribution is 6.31. The molecule has 3 nitrogen and oxygen atoms in total. The Labute approximate surface area is 121 Å². The summed E-state index contributed by atoms with van der Waals surface area (Å²) in [5, 5.41) is 0.837. The number of pyridine rings is 1. The predicted octanol–water partition coefficient (Wildman–Crippen LogP) is 4.05. The minimum absolute atomic E-state index is 0.123. The van der Waals surface area contributed by atoms with Gasteiger partial charge in [-0.2, -0.15) is 0 Å². The third-order valence-corrected chi connectivity index (χ3v) is 3.04. The Morgan fingerprint density at radius 1 is 1.26 bits per heavy atom. The average molecular weight is 296 g/mol. The largest absolute Gasteiger partial charge is 0.457 e. The van der Waals surface area contributed by atoms with Crippen LogP contribution in [0.4, 0.5) is 0 Å². The quantitative estimate of drug-likeness (QED) is 0.633. The van der Waals surface area contributed by atoms with E-state index in [4.69, 9.17) is 27.9 Å². The normalized spacial score (nSPS) is 10.3. The fourth-order valence-corrected chi connectivity index (χ4v) is 2.03. The lowest BCUT2D eigenvalue weighted by molar-refractivity contribution is 0.0472. The highest BCUT2D eigenvalue weighted by atomic mass is 35.5. The lowest BCUT2D eigenvalue weighted by Gasteiger charge is -2.07. The first kappa shape index (κ1) is 13.8. The monoisotopic (exact) mass is 295 g/mol. The Kier molecular flexibility index (Phi) is 4.40. The summed E-state index contributed by atoms with van der Waals surface area (Å²) in [5.74, 6) is -0.452. The second-order valence-electron chi connectivity index (χ2n) is 3.99. The average Bonchev–Trinajstić information content (AvgIpc) is 2.36. The van der Waals surface area contributed by atoms with Gasteiger partial charge in [0.25, 0.3) is 0 Å². The molecule has 0 N–H and O–H groups in total. The number of hydrogen-bond acceptors (Lipinski definition) is 3. The van der Waals surface area contributed by atoms with Crippen LogP contribution in [-0.4, -0.2) is 11.0 Å². The molecule has 0 bridgehead atoms. The van der Waals surface area contributed by atoms with E-state index in [1.807, 2.05) is 12.1 Å². The second kappa shape index (κ2) is 6.04. The van der Waals surface area contributed by atoms with Crippen molar-refractivity contribution in [1.82, 2.24) is 4.98 Å². The van der Waals surface area contributed by atoms with E-state index in [9.17, 15) is 4.79 Å². The molecule has 98 valence electrons. The van der Waals surface area contributed by atoms with Gasteiger partial charge in [0.2, 0.25) is 0 Å². The highest BCUT2D eigenvalue weighted by Crippen LogP contribution is 2.17. The minimum Gasteiger partial charge on any atom is -0.457 e. The molecule has 0 aliphatic heterocycles. The molecule has 0 saturated heterocycles. The summed E-state index contributed by atoms with van der Waals surface area (Å²) >= 11 is 11.8. The molecule has 2 aromatic rings. The van der Waals surface area contributed by atoms with Gasteiger partial charge in [0, 0.05) is 16.3 Å². The van der Waals surface area contributed by atoms with Gasteiger partial charge in [0.1, 0.15) is 11.8 Å². The molecule has 0 radical (unpaired) electrons. The molecule has 1 aromatic heterocycles. The van der Waals surface area contributed by atoms with E-state index in [0.29, 0.717) is 16.3 Å². The van der Waals surface area contributed by atoms with Gasteiger partial charge in [-0.3, -0.25) is 0 Å². The van der Waals surface area contributed by atoms with Crippen LogP contribution in [0.5, 0.6) is 0 Å². The number of carbonyl (C=O) groups excluding carboxylic acids is 1. The van der Waals surface area contributed by atoms with Crippen molar-refractivity contribution >= 4 is 29.2 Å². The second-order valence-corrected chi connectivity index (χ2v) is 4.78. The number of aromatic nitrogens is 1. The van der Waals surface area contributed by atoms with Crippen molar-refractivity contribution in [2.75, 3.05) is 0 Å². The maximum absolute atomic E-state index is 11.9. The topological polar surface area (TPSA) is 39.2 Å². The molecule has 0 amide bonds. The van der Waals surface area contributed by atoms with Gasteiger partial charge in [-0.25, -0.2) is 9.78 Å². The lowest BCUT2D eigenvalue weighted by atomic mass is 10.2. The number of rotatable bonds is 3. The van der Waals surface area contributed by atoms with E-state index in [1.165, 1.54) is 6.07 Å². The van der Waals surface area contributed by atoms with Crippen molar-refractivity contribution in [3.63, 3.8) is 0 Å². The Morgan fingerprint density at radius 2 is 2.00 bits per heavy atom. The number of esters is 1. The summed E-state index contributed by atoms with van der Waals surface area (Å²) < 4.78 is 5.20. The summed E-state index contributed by atoms with van der Waals surface area (Å²) in [6.07, 6.45) is 0. The zero-order valence-corrected chi connectivity index (χ0v) is 11.7. The van der Waals surface area contributed by atoms with Gasteiger partial charge in [-0.1, -0.05) is 41.4 Å². The number of ether oxygens (including phenoxy) is 1. The fourth-order valence-electron chi connectivity index (χ4n) is 1.59. The van der Waals surface area contributed by atoms with Gasteiger partial charge >= 0.3 is 5.97 Å². The maximum Gasteiger partial charge on any atom is 0.338 e. The van der Waals surface area contributed by atoms with E-state index in [2.05, 4.69) is 4.98 Å². The highest BCUT2D eigenvalue weighted by Gasteiger charge is 2.10. The molecule has 19 heavy (non-hydrogen) atoms. The van der Waals surface area contributed by atoms with Crippen molar-refractivity contribution in [2.24, 2.45) is 0 Å². The van der Waals surface area contributed by atoms with Crippen LogP contribution in [-0.2, 0) is 11.3 Å². The molecule has 0 aliphatic rings. The number of nitrogens with zero attached hydrogens (tertiary/aromatic N) is 1. The smallest absolute Gasteiger partial charge is 0.338 e. The summed E-state index contributed by atoms with van der Waals surface area (Å²) in [5.41, 5.74) is 1.80. The van der Waals surface area contributed by atoms with E-state index in [1.54, 1.807) is 25.1 Å². The fraction of sp³-hybridized carbons (Fsp3) is 0.143. The first-order valence-electron chi connectivity index (χ1n) is 5.61. The minimum atomic E-state index is -0.452. The number of hydrogen-bond donors (Lipinski definition) is 0. The van der Waals surface area contributed by atoms with Crippen LogP contribution in [0.15, 0.2) is 36.4 Å². The summed E-state index contributed by atoms with van der Waals surface area (Å²) in [4.78, 5) is 15.9. The number of halogens is 2. The molecular formula is C14H11Cl2NO2. The Balaban J connectivity index is 2.08. The van der Waals surface area contributed by atoms with Crippen molar-refractivity contribution in [2.45, 2.75) is 13.5 Å². The van der Waals surface area contributed by atoms with Crippen LogP contribution in [0.25, 0.3) is 0 Å². The van der Waals surface area contributed by atoms with Crippen LogP contribution in [0.2, 0.25) is 10.2 Å². The molecule has 0 fully saturated rings. The van der Waals surface area contributed by atoms with Crippen LogP contribution in [0.3, 0.4) is 0 Å². The summed E-state index contributed by atoms with van der Waals surface area (Å²) in [7, 11) is 0. The van der Waals surface area contributed by atoms with Crippen LogP contribution >= 0.6 is 23.2 Å². The predicted molar refractivity (Wildman–Crippen MR) is 74.6 cm³/mol. The molecule has 1 heterocycles. The zero-order chi connectivity index (χ0) is 13.8. The first-order valence-corrected chi connectivity index (χ1v) is 6.36. The zero-order valence-electron chi connectivity index (χ0n) is 10.2. The molecule has 0 spiro atoms. The Bertz CT molecular complexity index is 594. The van der Waals surface area contributed by atoms with Crippen molar-refractivity contribution in [1.29, 1.82) is 0 Å². The molecule has 0 unspecified atom stereocenters. The van der Waals surface area contributed by atoms with Gasteiger partial charge in [0.05, 0.1) is 5.56 Å². The molecule has 5 heteroatoms. The van der Waals surface area contributed by atoms with Crippen LogP contribution in [0, 0.1) is 6.92 Å². The summed E-state index contributed by atoms with van der Waals surface area (Å²) in [6, 6.07) is 10.3. The Hall–Kier alpha value is -1.58. The van der Waals surface area contributed by atoms with Gasteiger partial charge in [-0.15, -0.1) is 0 Å². The van der Waals surface area contributed by atoms with E-state index < -0.39 is 5.97 Å². The van der Waals surface area contributed by atoms with E-state index in [-0.39, 0.29) is 11.8 Å². The van der Waals surface area contributed by atoms with Crippen LogP contribution in [0.1, 0.15) is 21.6 Å². The van der Waals surface area contributed by atoms with E-state index >= 15 is 0 Å². The molecule has 2 rings (SSSR count). The lowest BCUT2D eigenvalue weighted by Crippen LogP contribution is -2.06. The molecule has 0 saturated carbocycles. The number of benzene rings is 1. The maximum atomic E-state index is 11.9. The summed E-state index contributed by atoms with van der Waals surface area (Å²) in [6.45, 7) is 1.88. The van der Waals surface area contributed by atoms with Gasteiger partial charge < -0.3 is 4.74 Å². The number of aryl methyl sites for hydroxylation is 1. The Morgan fingerprint density at radius 3 is 2.68 bits per heavy atom. The molecule has 1 aromatic carbocycles. The molecule has 0 atom stereocenters. The third-order valence-electron chi connectivity index (χ3n) is 2.47. The van der Waals surface area contributed by atoms with E-state index in [0.717, 1.165) is 5.56 Å². The van der Waals surface area contributed by atoms with Crippen molar-refractivity contribution in [3.8, 4) is 0 Å². The third kappa shape index (κ3) is 3.69.